The van der Waals surface area contributed by atoms with Crippen molar-refractivity contribution in [2.24, 2.45) is 5.92 Å². The molecule has 3 atom stereocenters. The van der Waals surface area contributed by atoms with Crippen molar-refractivity contribution in [2.75, 3.05) is 20.8 Å². The number of benzene rings is 2. The van der Waals surface area contributed by atoms with E-state index in [1.165, 1.54) is 19.2 Å². The Morgan fingerprint density at radius 3 is 2.38 bits per heavy atom. The Morgan fingerprint density at radius 2 is 1.81 bits per heavy atom. The van der Waals surface area contributed by atoms with Gasteiger partial charge in [-0.05, 0) is 53.3 Å². The number of urea groups is 1. The van der Waals surface area contributed by atoms with Gasteiger partial charge in [0.05, 0.1) is 20.3 Å². The minimum Gasteiger partial charge on any atom is -0.493 e. The lowest BCUT2D eigenvalue weighted by atomic mass is 9.87. The van der Waals surface area contributed by atoms with Crippen molar-refractivity contribution in [3.8, 4) is 11.5 Å². The van der Waals surface area contributed by atoms with E-state index in [0.29, 0.717) is 36.4 Å². The molecule has 0 unspecified atom stereocenters. The summed E-state index contributed by atoms with van der Waals surface area (Å²) in [6.45, 7) is 4.03. The topological polar surface area (TPSA) is 88.1 Å². The van der Waals surface area contributed by atoms with Crippen molar-refractivity contribution >= 4 is 12.0 Å². The predicted octanol–water partition coefficient (Wildman–Crippen LogP) is 4.00. The first-order valence-electron chi connectivity index (χ1n) is 10.6. The van der Waals surface area contributed by atoms with Gasteiger partial charge in [-0.2, -0.15) is 0 Å². The van der Waals surface area contributed by atoms with E-state index in [9.17, 15) is 19.1 Å². The molecule has 8 heteroatoms. The molecule has 1 aliphatic heterocycles. The Morgan fingerprint density at radius 1 is 1.19 bits per heavy atom. The third kappa shape index (κ3) is 4.64. The number of hydrogen-bond donors (Lipinski definition) is 2. The first-order chi connectivity index (χ1) is 15.3. The Bertz CT molecular complexity index is 979. The minimum absolute atomic E-state index is 0.234. The average Bonchev–Trinajstić information content (AvgIpc) is 2.80. The summed E-state index contributed by atoms with van der Waals surface area (Å²) < 4.78 is 24.5. The second-order valence-electron chi connectivity index (χ2n) is 7.95. The zero-order valence-corrected chi connectivity index (χ0v) is 18.7. The quantitative estimate of drug-likeness (QED) is 0.674. The molecule has 172 valence electrons. The number of halogens is 1. The number of carboxylic acids is 1. The van der Waals surface area contributed by atoms with Gasteiger partial charge in [-0.3, -0.25) is 0 Å². The molecule has 2 N–H and O–H groups in total. The largest absolute Gasteiger partial charge is 0.493 e. The number of nitrogens with one attached hydrogen (secondary N) is 1. The molecule has 3 rings (SSSR count). The van der Waals surface area contributed by atoms with Crippen LogP contribution in [0.15, 0.2) is 36.4 Å². The lowest BCUT2D eigenvalue weighted by Gasteiger charge is -2.39. The lowest BCUT2D eigenvalue weighted by molar-refractivity contribution is -0.140. The van der Waals surface area contributed by atoms with Gasteiger partial charge in [-0.15, -0.1) is 0 Å². The molecular formula is C24H29FN2O5. The number of aliphatic carboxylic acids is 1. The zero-order chi connectivity index (χ0) is 23.4. The second-order valence-corrected chi connectivity index (χ2v) is 7.95. The van der Waals surface area contributed by atoms with Gasteiger partial charge in [0, 0.05) is 6.54 Å². The molecule has 0 bridgehead atoms. The Balaban J connectivity index is 2.05. The summed E-state index contributed by atoms with van der Waals surface area (Å²) in [6, 6.07) is 7.65. The normalized spacial score (nSPS) is 17.2. The van der Waals surface area contributed by atoms with Gasteiger partial charge in [0.1, 0.15) is 11.9 Å². The van der Waals surface area contributed by atoms with Crippen molar-refractivity contribution in [3.63, 3.8) is 0 Å². The fourth-order valence-electron chi connectivity index (χ4n) is 4.07. The molecule has 0 fully saturated rings. The van der Waals surface area contributed by atoms with E-state index in [2.05, 4.69) is 5.32 Å². The number of ether oxygens (including phenoxy) is 2. The van der Waals surface area contributed by atoms with Crippen LogP contribution in [-0.2, 0) is 11.2 Å². The number of amides is 2. The van der Waals surface area contributed by atoms with Gasteiger partial charge >= 0.3 is 12.0 Å². The van der Waals surface area contributed by atoms with E-state index < -0.39 is 24.1 Å². The monoisotopic (exact) mass is 444 g/mol. The molecule has 2 amide bonds. The number of carboxylic acid groups (broad SMARTS) is 1. The van der Waals surface area contributed by atoms with Crippen LogP contribution in [-0.4, -0.2) is 48.8 Å². The average molecular weight is 445 g/mol. The summed E-state index contributed by atoms with van der Waals surface area (Å²) in [5.74, 6) is -0.582. The second kappa shape index (κ2) is 9.89. The third-order valence-corrected chi connectivity index (χ3v) is 6.08. The molecule has 0 spiro atoms. The van der Waals surface area contributed by atoms with Gasteiger partial charge < -0.3 is 24.8 Å². The molecule has 32 heavy (non-hydrogen) atoms. The number of fused-ring (bicyclic) bond motifs is 1. The summed E-state index contributed by atoms with van der Waals surface area (Å²) in [5.41, 5.74) is 2.52. The molecule has 2 aromatic rings. The van der Waals surface area contributed by atoms with Crippen LogP contribution < -0.4 is 14.8 Å². The van der Waals surface area contributed by atoms with Crippen LogP contribution in [0.4, 0.5) is 9.18 Å². The Hall–Kier alpha value is -3.29. The van der Waals surface area contributed by atoms with E-state index in [1.54, 1.807) is 31.1 Å². The first-order valence-corrected chi connectivity index (χ1v) is 10.6. The summed E-state index contributed by atoms with van der Waals surface area (Å²) in [4.78, 5) is 26.6. The number of hydrogen-bond acceptors (Lipinski definition) is 4. The molecule has 0 saturated carbocycles. The van der Waals surface area contributed by atoms with E-state index in [0.717, 1.165) is 11.1 Å². The van der Waals surface area contributed by atoms with E-state index >= 15 is 0 Å². The van der Waals surface area contributed by atoms with E-state index in [1.807, 2.05) is 19.1 Å². The molecular weight excluding hydrogens is 415 g/mol. The molecule has 0 aliphatic carbocycles. The Kier molecular flexibility index (Phi) is 7.22. The Labute approximate surface area is 187 Å². The van der Waals surface area contributed by atoms with Crippen LogP contribution >= 0.6 is 0 Å². The maximum Gasteiger partial charge on any atom is 0.326 e. The molecule has 7 nitrogen and oxygen atoms in total. The van der Waals surface area contributed by atoms with Crippen LogP contribution in [0.25, 0.3) is 0 Å². The van der Waals surface area contributed by atoms with Gasteiger partial charge in [0.2, 0.25) is 0 Å². The SMILES string of the molecule is CC[C@@H](C)[C@H](NC(=O)N1CCc2cc(OC)c(OC)cc2[C@@H]1c1ccc(F)cc1)C(=O)O. The summed E-state index contributed by atoms with van der Waals surface area (Å²) >= 11 is 0. The van der Waals surface area contributed by atoms with Crippen molar-refractivity contribution < 1.29 is 28.6 Å². The van der Waals surface area contributed by atoms with Crippen molar-refractivity contribution in [2.45, 2.75) is 38.8 Å². The van der Waals surface area contributed by atoms with Crippen molar-refractivity contribution in [1.82, 2.24) is 10.2 Å². The van der Waals surface area contributed by atoms with E-state index in [4.69, 9.17) is 9.47 Å². The molecule has 0 saturated heterocycles. The van der Waals surface area contributed by atoms with Gasteiger partial charge in [-0.25, -0.2) is 14.0 Å². The molecule has 0 aromatic heterocycles. The molecule has 1 heterocycles. The number of methoxy groups -OCH3 is 2. The standard InChI is InChI=1S/C24H29FN2O5/c1-5-14(2)21(23(28)29)26-24(30)27-11-10-16-12-19(31-3)20(32-4)13-18(16)22(27)15-6-8-17(25)9-7-15/h6-9,12-14,21-22H,5,10-11H2,1-4H3,(H,26,30)(H,28,29)/t14-,21+,22+/m1/s1. The number of nitrogens with zero attached hydrogens (tertiary/aromatic N) is 1. The van der Waals surface area contributed by atoms with Crippen LogP contribution in [0.5, 0.6) is 11.5 Å². The first kappa shape index (κ1) is 23.4. The summed E-state index contributed by atoms with van der Waals surface area (Å²) in [5, 5.41) is 12.3. The van der Waals surface area contributed by atoms with Gasteiger partial charge in [0.25, 0.3) is 0 Å². The zero-order valence-electron chi connectivity index (χ0n) is 18.7. The highest BCUT2D eigenvalue weighted by Crippen LogP contribution is 2.41. The van der Waals surface area contributed by atoms with Crippen LogP contribution in [0.2, 0.25) is 0 Å². The highest BCUT2D eigenvalue weighted by molar-refractivity contribution is 5.83. The summed E-state index contributed by atoms with van der Waals surface area (Å²) in [6.07, 6.45) is 1.17. The van der Waals surface area contributed by atoms with Crippen LogP contribution in [0, 0.1) is 11.7 Å². The van der Waals surface area contributed by atoms with Gasteiger partial charge in [0.15, 0.2) is 11.5 Å². The summed E-state index contributed by atoms with van der Waals surface area (Å²) in [7, 11) is 3.10. The van der Waals surface area contributed by atoms with Crippen LogP contribution in [0.3, 0.4) is 0 Å². The fourth-order valence-corrected chi connectivity index (χ4v) is 4.07. The van der Waals surface area contributed by atoms with E-state index in [-0.39, 0.29) is 11.7 Å². The molecule has 1 aliphatic rings. The number of rotatable bonds is 7. The van der Waals surface area contributed by atoms with Gasteiger partial charge in [-0.1, -0.05) is 32.4 Å². The fraction of sp³-hybridized carbons (Fsp3) is 0.417. The molecule has 0 radical (unpaired) electrons. The highest BCUT2D eigenvalue weighted by atomic mass is 19.1. The third-order valence-electron chi connectivity index (χ3n) is 6.08. The minimum atomic E-state index is -1.07. The predicted molar refractivity (Wildman–Crippen MR) is 118 cm³/mol. The number of carbonyl (C=O) groups is 2. The van der Waals surface area contributed by atoms with Crippen LogP contribution in [0.1, 0.15) is 43.0 Å². The van der Waals surface area contributed by atoms with Crippen molar-refractivity contribution in [3.05, 3.63) is 58.9 Å². The maximum absolute atomic E-state index is 13.6. The smallest absolute Gasteiger partial charge is 0.326 e. The number of carbonyl (C=O) groups excluding carboxylic acids is 1. The highest BCUT2D eigenvalue weighted by Gasteiger charge is 2.36. The molecule has 2 aromatic carbocycles. The maximum atomic E-state index is 13.6. The van der Waals surface area contributed by atoms with Crippen molar-refractivity contribution in [1.29, 1.82) is 0 Å². The lowest BCUT2D eigenvalue weighted by Crippen LogP contribution is -2.53.